The number of hydrogen-bond donors (Lipinski definition) is 0. The molecule has 1 atom stereocenters. The minimum absolute atomic E-state index is 0.0644. The van der Waals surface area contributed by atoms with Crippen LogP contribution < -0.4 is 0 Å². The molecule has 2 heterocycles. The molecule has 0 radical (unpaired) electrons. The molecule has 0 aromatic carbocycles. The topological polar surface area (TPSA) is 46.1 Å². The maximum atomic E-state index is 12.1. The van der Waals surface area contributed by atoms with Gasteiger partial charge < -0.3 is 4.90 Å². The summed E-state index contributed by atoms with van der Waals surface area (Å²) in [5.41, 5.74) is 3.02. The molecule has 0 saturated carbocycles. The molecule has 0 spiro atoms. The van der Waals surface area contributed by atoms with E-state index in [-0.39, 0.29) is 11.9 Å². The van der Waals surface area contributed by atoms with Gasteiger partial charge in [-0.2, -0.15) is 0 Å². The average molecular weight is 247 g/mol. The summed E-state index contributed by atoms with van der Waals surface area (Å²) in [4.78, 5) is 22.0. The summed E-state index contributed by atoms with van der Waals surface area (Å²) in [6.07, 6.45) is 1.73. The van der Waals surface area contributed by atoms with Gasteiger partial charge in [0.1, 0.15) is 5.69 Å². The van der Waals surface area contributed by atoms with Gasteiger partial charge in [0.15, 0.2) is 0 Å². The van der Waals surface area contributed by atoms with Crippen molar-refractivity contribution in [3.8, 4) is 0 Å². The first-order valence-electron chi connectivity index (χ1n) is 5.26. The molecule has 0 saturated heterocycles. The Bertz CT molecular complexity index is 484. The third kappa shape index (κ3) is 2.50. The average Bonchev–Trinajstić information content (AvgIpc) is 2.91. The molecular formula is C12H13N3OS. The van der Waals surface area contributed by atoms with Crippen molar-refractivity contribution in [3.63, 3.8) is 0 Å². The van der Waals surface area contributed by atoms with E-state index in [9.17, 15) is 4.79 Å². The number of rotatable bonds is 3. The van der Waals surface area contributed by atoms with E-state index in [4.69, 9.17) is 0 Å². The van der Waals surface area contributed by atoms with Crippen LogP contribution in [0.15, 0.2) is 35.3 Å². The van der Waals surface area contributed by atoms with Crippen LogP contribution in [0.1, 0.15) is 29.1 Å². The Morgan fingerprint density at radius 1 is 1.41 bits per heavy atom. The van der Waals surface area contributed by atoms with Gasteiger partial charge in [0, 0.05) is 18.6 Å². The van der Waals surface area contributed by atoms with Gasteiger partial charge in [-0.1, -0.05) is 6.07 Å². The highest BCUT2D eigenvalue weighted by Crippen LogP contribution is 2.18. The fourth-order valence-electron chi connectivity index (χ4n) is 1.50. The lowest BCUT2D eigenvalue weighted by atomic mass is 10.2. The van der Waals surface area contributed by atoms with Crippen molar-refractivity contribution in [2.24, 2.45) is 0 Å². The van der Waals surface area contributed by atoms with E-state index < -0.39 is 0 Å². The highest BCUT2D eigenvalue weighted by molar-refractivity contribution is 7.07. The summed E-state index contributed by atoms with van der Waals surface area (Å²) in [7, 11) is 1.76. The Balaban J connectivity index is 2.15. The van der Waals surface area contributed by atoms with E-state index in [1.54, 1.807) is 29.0 Å². The van der Waals surface area contributed by atoms with E-state index in [1.165, 1.54) is 11.3 Å². The molecule has 0 aliphatic carbocycles. The maximum Gasteiger partial charge on any atom is 0.273 e. The van der Waals surface area contributed by atoms with Crippen molar-refractivity contribution < 1.29 is 4.79 Å². The Labute approximate surface area is 104 Å². The lowest BCUT2D eigenvalue weighted by Gasteiger charge is -2.23. The van der Waals surface area contributed by atoms with Crippen LogP contribution in [0.3, 0.4) is 0 Å². The molecule has 5 heteroatoms. The van der Waals surface area contributed by atoms with Crippen LogP contribution in [0.4, 0.5) is 0 Å². The second kappa shape index (κ2) is 5.05. The van der Waals surface area contributed by atoms with Crippen LogP contribution in [-0.2, 0) is 0 Å². The first kappa shape index (κ1) is 11.7. The maximum absolute atomic E-state index is 12.1. The van der Waals surface area contributed by atoms with Gasteiger partial charge >= 0.3 is 0 Å². The van der Waals surface area contributed by atoms with Crippen molar-refractivity contribution in [1.82, 2.24) is 14.9 Å². The molecule has 2 aromatic rings. The third-order valence-electron chi connectivity index (χ3n) is 2.67. The molecule has 1 amide bonds. The zero-order valence-electron chi connectivity index (χ0n) is 9.70. The lowest BCUT2D eigenvalue weighted by molar-refractivity contribution is 0.0734. The molecule has 0 aliphatic rings. The van der Waals surface area contributed by atoms with Gasteiger partial charge in [-0.15, -0.1) is 11.3 Å². The molecule has 2 rings (SSSR count). The van der Waals surface area contributed by atoms with E-state index in [1.807, 2.05) is 25.1 Å². The van der Waals surface area contributed by atoms with E-state index >= 15 is 0 Å². The number of amides is 1. The van der Waals surface area contributed by atoms with E-state index in [0.29, 0.717) is 5.69 Å². The SMILES string of the molecule is CC(c1ccccn1)N(C)C(=O)c1cscn1. The Morgan fingerprint density at radius 2 is 2.24 bits per heavy atom. The Hall–Kier alpha value is -1.75. The van der Waals surface area contributed by atoms with Crippen molar-refractivity contribution in [3.05, 3.63) is 46.7 Å². The summed E-state index contributed by atoms with van der Waals surface area (Å²) in [5.74, 6) is -0.0793. The van der Waals surface area contributed by atoms with Gasteiger partial charge in [-0.3, -0.25) is 9.78 Å². The first-order valence-corrected chi connectivity index (χ1v) is 6.20. The first-order chi connectivity index (χ1) is 8.20. The van der Waals surface area contributed by atoms with Crippen LogP contribution in [0.2, 0.25) is 0 Å². The number of nitrogens with zero attached hydrogens (tertiary/aromatic N) is 3. The van der Waals surface area contributed by atoms with Gasteiger partial charge in [0.2, 0.25) is 0 Å². The zero-order chi connectivity index (χ0) is 12.3. The molecule has 88 valence electrons. The highest BCUT2D eigenvalue weighted by atomic mass is 32.1. The zero-order valence-corrected chi connectivity index (χ0v) is 10.5. The van der Waals surface area contributed by atoms with Gasteiger partial charge in [0.25, 0.3) is 5.91 Å². The molecular weight excluding hydrogens is 234 g/mol. The van der Waals surface area contributed by atoms with Gasteiger partial charge in [-0.05, 0) is 19.1 Å². The Kier molecular flexibility index (Phi) is 3.49. The summed E-state index contributed by atoms with van der Waals surface area (Å²) >= 11 is 1.42. The fraction of sp³-hybridized carbons (Fsp3) is 0.250. The van der Waals surface area contributed by atoms with Crippen molar-refractivity contribution in [1.29, 1.82) is 0 Å². The molecule has 1 unspecified atom stereocenters. The van der Waals surface area contributed by atoms with Crippen molar-refractivity contribution in [2.75, 3.05) is 7.05 Å². The summed E-state index contributed by atoms with van der Waals surface area (Å²) in [5, 5.41) is 1.75. The number of carbonyl (C=O) groups is 1. The molecule has 2 aromatic heterocycles. The van der Waals surface area contributed by atoms with Crippen molar-refractivity contribution >= 4 is 17.2 Å². The summed E-state index contributed by atoms with van der Waals surface area (Å²) in [6.45, 7) is 1.95. The number of aromatic nitrogens is 2. The molecule has 0 fully saturated rings. The van der Waals surface area contributed by atoms with Crippen LogP contribution in [0.5, 0.6) is 0 Å². The fourth-order valence-corrected chi connectivity index (χ4v) is 2.02. The highest BCUT2D eigenvalue weighted by Gasteiger charge is 2.20. The second-order valence-corrected chi connectivity index (χ2v) is 4.44. The van der Waals surface area contributed by atoms with Crippen LogP contribution in [0.25, 0.3) is 0 Å². The number of thiazole rings is 1. The van der Waals surface area contributed by atoms with Crippen molar-refractivity contribution in [2.45, 2.75) is 13.0 Å². The standard InChI is InChI=1S/C12H13N3OS/c1-9(10-5-3-4-6-13-10)15(2)12(16)11-7-17-8-14-11/h3-9H,1-2H3. The minimum atomic E-state index is -0.0793. The third-order valence-corrected chi connectivity index (χ3v) is 3.26. The second-order valence-electron chi connectivity index (χ2n) is 3.72. The Morgan fingerprint density at radius 3 is 2.82 bits per heavy atom. The molecule has 0 bridgehead atoms. The normalized spacial score (nSPS) is 12.1. The van der Waals surface area contributed by atoms with E-state index in [2.05, 4.69) is 9.97 Å². The molecule has 17 heavy (non-hydrogen) atoms. The smallest absolute Gasteiger partial charge is 0.273 e. The quantitative estimate of drug-likeness (QED) is 0.836. The summed E-state index contributed by atoms with van der Waals surface area (Å²) in [6, 6.07) is 5.62. The van der Waals surface area contributed by atoms with E-state index in [0.717, 1.165) is 5.69 Å². The van der Waals surface area contributed by atoms with Crippen LogP contribution >= 0.6 is 11.3 Å². The largest absolute Gasteiger partial charge is 0.332 e. The van der Waals surface area contributed by atoms with Gasteiger partial charge in [0.05, 0.1) is 17.2 Å². The molecule has 0 aliphatic heterocycles. The lowest BCUT2D eigenvalue weighted by Crippen LogP contribution is -2.30. The van der Waals surface area contributed by atoms with Crippen LogP contribution in [0, 0.1) is 0 Å². The molecule has 0 N–H and O–H groups in total. The number of pyridine rings is 1. The number of carbonyl (C=O) groups excluding carboxylic acids is 1. The minimum Gasteiger partial charge on any atom is -0.332 e. The van der Waals surface area contributed by atoms with Crippen LogP contribution in [-0.4, -0.2) is 27.8 Å². The number of hydrogen-bond acceptors (Lipinski definition) is 4. The van der Waals surface area contributed by atoms with Gasteiger partial charge in [-0.25, -0.2) is 4.98 Å². The summed E-state index contributed by atoms with van der Waals surface area (Å²) < 4.78 is 0. The monoisotopic (exact) mass is 247 g/mol. The molecule has 4 nitrogen and oxygen atoms in total. The predicted molar refractivity (Wildman–Crippen MR) is 66.9 cm³/mol. The predicted octanol–water partition coefficient (Wildman–Crippen LogP) is 2.37.